The van der Waals surface area contributed by atoms with Crippen LogP contribution < -0.4 is 14.8 Å². The first-order valence-electron chi connectivity index (χ1n) is 6.94. The molecule has 1 aliphatic rings. The van der Waals surface area contributed by atoms with E-state index in [4.69, 9.17) is 9.47 Å². The lowest BCUT2D eigenvalue weighted by Crippen LogP contribution is -2.23. The summed E-state index contributed by atoms with van der Waals surface area (Å²) in [5.41, 5.74) is 2.89. The Hall–Kier alpha value is -2.01. The van der Waals surface area contributed by atoms with Crippen LogP contribution in [0, 0.1) is 0 Å². The van der Waals surface area contributed by atoms with Crippen LogP contribution >= 0.6 is 15.9 Å². The number of halogens is 1. The average molecular weight is 362 g/mol. The van der Waals surface area contributed by atoms with E-state index in [9.17, 15) is 4.79 Å². The molecule has 1 heterocycles. The van der Waals surface area contributed by atoms with Gasteiger partial charge in [0.15, 0.2) is 11.5 Å². The van der Waals surface area contributed by atoms with Gasteiger partial charge in [-0.1, -0.05) is 34.1 Å². The van der Waals surface area contributed by atoms with Gasteiger partial charge >= 0.3 is 0 Å². The van der Waals surface area contributed by atoms with Gasteiger partial charge in [0, 0.05) is 28.6 Å². The predicted molar refractivity (Wildman–Crippen MR) is 88.8 cm³/mol. The maximum atomic E-state index is 12.1. The quantitative estimate of drug-likeness (QED) is 0.900. The maximum absolute atomic E-state index is 12.1. The third-order valence-electron chi connectivity index (χ3n) is 3.88. The Morgan fingerprint density at radius 2 is 1.77 bits per heavy atom. The number of carbonyl (C=O) groups excluding carboxylic acids is 1. The molecule has 22 heavy (non-hydrogen) atoms. The van der Waals surface area contributed by atoms with E-state index in [-0.39, 0.29) is 11.8 Å². The standard InChI is InChI=1S/C17H16BrNO3/c1-21-15-7-12-11(10-5-3-4-6-13(10)18)8-17(20)19-14(12)9-16(15)22-2/h3-7,9,11H,8H2,1-2H3,(H,19,20)/t11-/m0/s1. The number of hydrogen-bond acceptors (Lipinski definition) is 3. The third-order valence-corrected chi connectivity index (χ3v) is 4.60. The maximum Gasteiger partial charge on any atom is 0.225 e. The van der Waals surface area contributed by atoms with Crippen LogP contribution in [0.15, 0.2) is 40.9 Å². The molecule has 0 unspecified atom stereocenters. The van der Waals surface area contributed by atoms with Crippen molar-refractivity contribution in [3.05, 3.63) is 52.0 Å². The molecule has 4 nitrogen and oxygen atoms in total. The van der Waals surface area contributed by atoms with Crippen molar-refractivity contribution in [1.29, 1.82) is 0 Å². The van der Waals surface area contributed by atoms with E-state index in [1.54, 1.807) is 14.2 Å². The lowest BCUT2D eigenvalue weighted by atomic mass is 9.84. The van der Waals surface area contributed by atoms with Gasteiger partial charge < -0.3 is 14.8 Å². The zero-order valence-electron chi connectivity index (χ0n) is 12.4. The molecule has 2 aromatic rings. The van der Waals surface area contributed by atoms with Gasteiger partial charge in [0.05, 0.1) is 14.2 Å². The number of nitrogens with one attached hydrogen (secondary N) is 1. The summed E-state index contributed by atoms with van der Waals surface area (Å²) in [6, 6.07) is 11.7. The Balaban J connectivity index is 2.16. The first-order chi connectivity index (χ1) is 10.6. The van der Waals surface area contributed by atoms with E-state index >= 15 is 0 Å². The van der Waals surface area contributed by atoms with Gasteiger partial charge in [-0.3, -0.25) is 4.79 Å². The van der Waals surface area contributed by atoms with Crippen LogP contribution in [0.2, 0.25) is 0 Å². The smallest absolute Gasteiger partial charge is 0.225 e. The molecule has 0 aromatic heterocycles. The van der Waals surface area contributed by atoms with Crippen LogP contribution in [0.25, 0.3) is 0 Å². The zero-order valence-corrected chi connectivity index (χ0v) is 13.9. The molecule has 0 aliphatic carbocycles. The second-order valence-electron chi connectivity index (χ2n) is 5.12. The number of anilines is 1. The summed E-state index contributed by atoms with van der Waals surface area (Å²) >= 11 is 3.58. The molecule has 1 N–H and O–H groups in total. The fourth-order valence-electron chi connectivity index (χ4n) is 2.82. The highest BCUT2D eigenvalue weighted by Gasteiger charge is 2.29. The molecule has 5 heteroatoms. The van der Waals surface area contributed by atoms with Gasteiger partial charge in [-0.25, -0.2) is 0 Å². The van der Waals surface area contributed by atoms with Crippen LogP contribution in [0.4, 0.5) is 5.69 Å². The van der Waals surface area contributed by atoms with Crippen LogP contribution in [-0.4, -0.2) is 20.1 Å². The van der Waals surface area contributed by atoms with Crippen molar-refractivity contribution in [2.45, 2.75) is 12.3 Å². The lowest BCUT2D eigenvalue weighted by molar-refractivity contribution is -0.116. The molecule has 0 saturated carbocycles. The average Bonchev–Trinajstić information content (AvgIpc) is 2.53. The topological polar surface area (TPSA) is 47.6 Å². The number of ether oxygens (including phenoxy) is 2. The lowest BCUT2D eigenvalue weighted by Gasteiger charge is -2.27. The number of rotatable bonds is 3. The fourth-order valence-corrected chi connectivity index (χ4v) is 3.38. The van der Waals surface area contributed by atoms with E-state index in [0.717, 1.165) is 21.3 Å². The zero-order chi connectivity index (χ0) is 15.7. The third kappa shape index (κ3) is 2.57. The van der Waals surface area contributed by atoms with E-state index in [1.165, 1.54) is 0 Å². The van der Waals surface area contributed by atoms with Crippen LogP contribution in [0.1, 0.15) is 23.5 Å². The van der Waals surface area contributed by atoms with Gasteiger partial charge in [0.25, 0.3) is 0 Å². The largest absolute Gasteiger partial charge is 0.493 e. The Bertz CT molecular complexity index is 730. The summed E-state index contributed by atoms with van der Waals surface area (Å²) in [4.78, 5) is 12.1. The second kappa shape index (κ2) is 6.01. The van der Waals surface area contributed by atoms with E-state index in [2.05, 4.69) is 21.2 Å². The van der Waals surface area contributed by atoms with Gasteiger partial charge in [0.2, 0.25) is 5.91 Å². The molecule has 1 amide bonds. The van der Waals surface area contributed by atoms with E-state index in [1.807, 2.05) is 36.4 Å². The molecule has 0 bridgehead atoms. The Morgan fingerprint density at radius 1 is 1.09 bits per heavy atom. The molecule has 0 spiro atoms. The number of hydrogen-bond donors (Lipinski definition) is 1. The minimum atomic E-state index is -0.0147. The highest BCUT2D eigenvalue weighted by Crippen LogP contribution is 2.44. The summed E-state index contributed by atoms with van der Waals surface area (Å²) in [7, 11) is 3.19. The number of amides is 1. The molecular weight excluding hydrogens is 346 g/mol. The number of benzene rings is 2. The van der Waals surface area contributed by atoms with Gasteiger partial charge in [-0.2, -0.15) is 0 Å². The molecule has 114 valence electrons. The Labute approximate surface area is 137 Å². The van der Waals surface area contributed by atoms with Crippen LogP contribution in [0.5, 0.6) is 11.5 Å². The molecule has 0 saturated heterocycles. The highest BCUT2D eigenvalue weighted by atomic mass is 79.9. The molecule has 1 atom stereocenters. The van der Waals surface area contributed by atoms with Crippen molar-refractivity contribution in [1.82, 2.24) is 0 Å². The number of carbonyl (C=O) groups is 1. The summed E-state index contributed by atoms with van der Waals surface area (Å²) < 4.78 is 11.7. The molecule has 0 fully saturated rings. The summed E-state index contributed by atoms with van der Waals surface area (Å²) in [6.07, 6.45) is 0.408. The number of methoxy groups -OCH3 is 2. The normalized spacial score (nSPS) is 16.7. The Morgan fingerprint density at radius 3 is 2.45 bits per heavy atom. The SMILES string of the molecule is COc1cc2c(cc1OC)[C@H](c1ccccc1Br)CC(=O)N2. The van der Waals surface area contributed by atoms with Crippen LogP contribution in [-0.2, 0) is 4.79 Å². The second-order valence-corrected chi connectivity index (χ2v) is 5.98. The van der Waals surface area contributed by atoms with Crippen molar-refractivity contribution in [3.63, 3.8) is 0 Å². The number of fused-ring (bicyclic) bond motifs is 1. The van der Waals surface area contributed by atoms with E-state index < -0.39 is 0 Å². The predicted octanol–water partition coefficient (Wildman–Crippen LogP) is 3.94. The molecule has 2 aromatic carbocycles. The van der Waals surface area contributed by atoms with Gasteiger partial charge in [-0.05, 0) is 23.3 Å². The molecular formula is C17H16BrNO3. The van der Waals surface area contributed by atoms with Crippen molar-refractivity contribution in [3.8, 4) is 11.5 Å². The minimum Gasteiger partial charge on any atom is -0.493 e. The monoisotopic (exact) mass is 361 g/mol. The molecule has 3 rings (SSSR count). The van der Waals surface area contributed by atoms with Crippen molar-refractivity contribution >= 4 is 27.5 Å². The van der Waals surface area contributed by atoms with Crippen molar-refractivity contribution in [2.24, 2.45) is 0 Å². The molecule has 0 radical (unpaired) electrons. The van der Waals surface area contributed by atoms with Gasteiger partial charge in [0.1, 0.15) is 0 Å². The summed E-state index contributed by atoms with van der Waals surface area (Å²) in [5, 5.41) is 2.92. The Kier molecular flexibility index (Phi) is 4.07. The van der Waals surface area contributed by atoms with Crippen molar-refractivity contribution in [2.75, 3.05) is 19.5 Å². The van der Waals surface area contributed by atoms with Crippen molar-refractivity contribution < 1.29 is 14.3 Å². The molecule has 1 aliphatic heterocycles. The summed E-state index contributed by atoms with van der Waals surface area (Å²) in [6.45, 7) is 0. The first-order valence-corrected chi connectivity index (χ1v) is 7.73. The highest BCUT2D eigenvalue weighted by molar-refractivity contribution is 9.10. The summed E-state index contributed by atoms with van der Waals surface area (Å²) in [5.74, 6) is 1.25. The fraction of sp³-hybridized carbons (Fsp3) is 0.235. The first kappa shape index (κ1) is 14.9. The van der Waals surface area contributed by atoms with Gasteiger partial charge in [-0.15, -0.1) is 0 Å². The van der Waals surface area contributed by atoms with Crippen LogP contribution in [0.3, 0.4) is 0 Å². The van der Waals surface area contributed by atoms with E-state index in [0.29, 0.717) is 17.9 Å². The minimum absolute atomic E-state index is 0.000438.